The summed E-state index contributed by atoms with van der Waals surface area (Å²) in [5, 5.41) is 14.6. The number of nitro groups is 1. The smallest absolute Gasteiger partial charge is 0.293 e. The molecule has 0 bridgehead atoms. The van der Waals surface area contributed by atoms with Gasteiger partial charge in [-0.25, -0.2) is 4.98 Å². The van der Waals surface area contributed by atoms with Crippen LogP contribution in [0, 0.1) is 17.0 Å². The van der Waals surface area contributed by atoms with E-state index in [0.29, 0.717) is 51.4 Å². The maximum atomic E-state index is 12.7. The third kappa shape index (κ3) is 4.85. The second-order valence-electron chi connectivity index (χ2n) is 8.36. The van der Waals surface area contributed by atoms with Crippen LogP contribution in [0.4, 0.5) is 11.4 Å². The molecule has 0 spiro atoms. The number of carbonyl (C=O) groups is 2. The zero-order valence-electron chi connectivity index (χ0n) is 19.4. The van der Waals surface area contributed by atoms with E-state index in [9.17, 15) is 19.7 Å². The molecule has 2 amide bonds. The van der Waals surface area contributed by atoms with Gasteiger partial charge < -0.3 is 19.7 Å². The minimum Gasteiger partial charge on any atom is -0.362 e. The summed E-state index contributed by atoms with van der Waals surface area (Å²) in [5.74, 6) is 0.573. The van der Waals surface area contributed by atoms with E-state index in [1.165, 1.54) is 13.0 Å². The van der Waals surface area contributed by atoms with Crippen LogP contribution in [0.15, 0.2) is 42.5 Å². The topological polar surface area (TPSA) is 114 Å². The van der Waals surface area contributed by atoms with Gasteiger partial charge in [0.2, 0.25) is 5.91 Å². The fourth-order valence-corrected chi connectivity index (χ4v) is 4.36. The molecule has 2 heterocycles. The van der Waals surface area contributed by atoms with Crippen molar-refractivity contribution in [3.63, 3.8) is 0 Å². The number of nitro benzene ring substituents is 1. The summed E-state index contributed by atoms with van der Waals surface area (Å²) in [6.07, 6.45) is 0.702. The molecule has 0 radical (unpaired) electrons. The van der Waals surface area contributed by atoms with Crippen molar-refractivity contribution in [2.75, 3.05) is 37.6 Å². The van der Waals surface area contributed by atoms with E-state index in [-0.39, 0.29) is 23.1 Å². The van der Waals surface area contributed by atoms with Crippen molar-refractivity contribution >= 4 is 34.2 Å². The van der Waals surface area contributed by atoms with Gasteiger partial charge in [-0.2, -0.15) is 0 Å². The summed E-state index contributed by atoms with van der Waals surface area (Å²) in [6.45, 7) is 6.66. The highest BCUT2D eigenvalue weighted by Gasteiger charge is 2.25. The number of anilines is 1. The Morgan fingerprint density at radius 2 is 1.85 bits per heavy atom. The molecule has 0 unspecified atom stereocenters. The van der Waals surface area contributed by atoms with E-state index in [1.807, 2.05) is 36.1 Å². The molecule has 1 aromatic heterocycles. The van der Waals surface area contributed by atoms with Crippen LogP contribution >= 0.6 is 0 Å². The average Bonchev–Trinajstić information content (AvgIpc) is 3.16. The lowest BCUT2D eigenvalue weighted by atomic mass is 10.1. The van der Waals surface area contributed by atoms with Gasteiger partial charge in [0, 0.05) is 57.8 Å². The van der Waals surface area contributed by atoms with E-state index in [4.69, 9.17) is 0 Å². The van der Waals surface area contributed by atoms with Crippen molar-refractivity contribution in [1.29, 1.82) is 0 Å². The zero-order chi connectivity index (χ0) is 24.2. The predicted octanol–water partition coefficient (Wildman–Crippen LogP) is 2.74. The summed E-state index contributed by atoms with van der Waals surface area (Å²) in [7, 11) is 0. The molecule has 1 fully saturated rings. The third-order valence-electron chi connectivity index (χ3n) is 6.19. The van der Waals surface area contributed by atoms with Crippen molar-refractivity contribution in [3.8, 4) is 0 Å². The molecular formula is C24H28N6O4. The lowest BCUT2D eigenvalue weighted by molar-refractivity contribution is -0.384. The van der Waals surface area contributed by atoms with E-state index in [0.717, 1.165) is 16.9 Å². The summed E-state index contributed by atoms with van der Waals surface area (Å²) in [4.78, 5) is 43.6. The first-order valence-corrected chi connectivity index (χ1v) is 11.3. The van der Waals surface area contributed by atoms with Crippen LogP contribution in [0.3, 0.4) is 0 Å². The average molecular weight is 465 g/mol. The second kappa shape index (κ2) is 9.90. The Morgan fingerprint density at radius 3 is 2.56 bits per heavy atom. The molecule has 1 aliphatic rings. The lowest BCUT2D eigenvalue weighted by Crippen LogP contribution is -2.48. The van der Waals surface area contributed by atoms with Crippen LogP contribution in [0.25, 0.3) is 11.0 Å². The highest BCUT2D eigenvalue weighted by atomic mass is 16.6. The van der Waals surface area contributed by atoms with Gasteiger partial charge in [-0.3, -0.25) is 19.7 Å². The second-order valence-corrected chi connectivity index (χ2v) is 8.36. The number of hydrogen-bond acceptors (Lipinski definition) is 6. The highest BCUT2D eigenvalue weighted by molar-refractivity contribution is 5.95. The summed E-state index contributed by atoms with van der Waals surface area (Å²) in [6, 6.07) is 12.5. The summed E-state index contributed by atoms with van der Waals surface area (Å²) >= 11 is 0. The first-order chi connectivity index (χ1) is 16.3. The Labute approximate surface area is 197 Å². The van der Waals surface area contributed by atoms with Crippen LogP contribution in [-0.2, 0) is 11.3 Å². The Bertz CT molecular complexity index is 1230. The van der Waals surface area contributed by atoms with Gasteiger partial charge in [-0.15, -0.1) is 0 Å². The minimum absolute atomic E-state index is 0.00226. The Kier molecular flexibility index (Phi) is 6.76. The van der Waals surface area contributed by atoms with Crippen LogP contribution in [-0.4, -0.2) is 63.9 Å². The van der Waals surface area contributed by atoms with Crippen molar-refractivity contribution in [2.45, 2.75) is 26.8 Å². The molecule has 2 aromatic carbocycles. The highest BCUT2D eigenvalue weighted by Crippen LogP contribution is 2.30. The van der Waals surface area contributed by atoms with Gasteiger partial charge in [0.15, 0.2) is 0 Å². The standard InChI is InChI=1S/C24H28N6O4/c1-17-26-20-6-3-4-7-21(20)29(17)11-5-10-25-24(32)19-8-9-22(23(16-19)30(33)34)28-14-12-27(13-15-28)18(2)31/h3-4,6-9,16H,5,10-15H2,1-2H3,(H,25,32). The maximum Gasteiger partial charge on any atom is 0.293 e. The number of aryl methyl sites for hydroxylation is 2. The van der Waals surface area contributed by atoms with Gasteiger partial charge in [0.1, 0.15) is 11.5 Å². The molecule has 1 aliphatic heterocycles. The number of nitrogens with one attached hydrogen (secondary N) is 1. The Hall–Kier alpha value is -3.95. The number of nitrogens with zero attached hydrogens (tertiary/aromatic N) is 5. The van der Waals surface area contributed by atoms with Gasteiger partial charge in [0.05, 0.1) is 16.0 Å². The van der Waals surface area contributed by atoms with Crippen molar-refractivity contribution in [3.05, 3.63) is 64.0 Å². The first kappa shape index (κ1) is 23.2. The SMILES string of the molecule is CC(=O)N1CCN(c2ccc(C(=O)NCCCn3c(C)nc4ccccc43)cc2[N+](=O)[O-])CC1. The van der Waals surface area contributed by atoms with Gasteiger partial charge in [0.25, 0.3) is 11.6 Å². The van der Waals surface area contributed by atoms with Crippen LogP contribution in [0.5, 0.6) is 0 Å². The van der Waals surface area contributed by atoms with E-state index in [2.05, 4.69) is 14.9 Å². The molecule has 0 aliphatic carbocycles. The number of piperazine rings is 1. The number of fused-ring (bicyclic) bond motifs is 1. The van der Waals surface area contributed by atoms with Gasteiger partial charge >= 0.3 is 0 Å². The molecule has 34 heavy (non-hydrogen) atoms. The molecule has 0 saturated carbocycles. The van der Waals surface area contributed by atoms with Crippen molar-refractivity contribution in [2.24, 2.45) is 0 Å². The van der Waals surface area contributed by atoms with Crippen molar-refractivity contribution in [1.82, 2.24) is 19.8 Å². The first-order valence-electron chi connectivity index (χ1n) is 11.3. The number of amides is 2. The number of hydrogen-bond donors (Lipinski definition) is 1. The quantitative estimate of drug-likeness (QED) is 0.327. The van der Waals surface area contributed by atoms with Gasteiger partial charge in [-0.05, 0) is 37.6 Å². The fraction of sp³-hybridized carbons (Fsp3) is 0.375. The number of rotatable bonds is 7. The monoisotopic (exact) mass is 464 g/mol. The minimum atomic E-state index is -0.462. The predicted molar refractivity (Wildman–Crippen MR) is 129 cm³/mol. The largest absolute Gasteiger partial charge is 0.362 e. The van der Waals surface area contributed by atoms with E-state index < -0.39 is 4.92 Å². The molecule has 178 valence electrons. The summed E-state index contributed by atoms with van der Waals surface area (Å²) < 4.78 is 2.12. The van der Waals surface area contributed by atoms with Gasteiger partial charge in [-0.1, -0.05) is 12.1 Å². The Balaban J connectivity index is 1.37. The van der Waals surface area contributed by atoms with Crippen LogP contribution in [0.1, 0.15) is 29.5 Å². The third-order valence-corrected chi connectivity index (χ3v) is 6.19. The molecule has 3 aromatic rings. The molecule has 0 atom stereocenters. The normalized spacial score (nSPS) is 13.8. The maximum absolute atomic E-state index is 12.7. The van der Waals surface area contributed by atoms with Crippen LogP contribution < -0.4 is 10.2 Å². The van der Waals surface area contributed by atoms with Crippen molar-refractivity contribution < 1.29 is 14.5 Å². The number of benzene rings is 2. The Morgan fingerprint density at radius 1 is 1.12 bits per heavy atom. The van der Waals surface area contributed by atoms with Crippen LogP contribution in [0.2, 0.25) is 0 Å². The molecule has 1 saturated heterocycles. The molecule has 10 heteroatoms. The molecular weight excluding hydrogens is 436 g/mol. The number of para-hydroxylation sites is 2. The summed E-state index contributed by atoms with van der Waals surface area (Å²) in [5.41, 5.74) is 2.61. The van der Waals surface area contributed by atoms with E-state index >= 15 is 0 Å². The lowest BCUT2D eigenvalue weighted by Gasteiger charge is -2.35. The molecule has 4 rings (SSSR count). The molecule has 10 nitrogen and oxygen atoms in total. The number of imidazole rings is 1. The zero-order valence-corrected chi connectivity index (χ0v) is 19.4. The number of carbonyl (C=O) groups excluding carboxylic acids is 2. The number of aromatic nitrogens is 2. The fourth-order valence-electron chi connectivity index (χ4n) is 4.36. The van der Waals surface area contributed by atoms with E-state index in [1.54, 1.807) is 17.0 Å². The molecule has 1 N–H and O–H groups in total.